The highest BCUT2D eigenvalue weighted by molar-refractivity contribution is 7.09. The van der Waals surface area contributed by atoms with Crippen LogP contribution in [-0.2, 0) is 4.79 Å². The Kier molecular flexibility index (Phi) is 5.15. The smallest absolute Gasteiger partial charge is 0.239 e. The molecular formula is C18H22N4O4S. The van der Waals surface area contributed by atoms with Crippen LogP contribution in [0.1, 0.15) is 30.1 Å². The maximum Gasteiger partial charge on any atom is 0.239 e. The summed E-state index contributed by atoms with van der Waals surface area (Å²) < 4.78 is 16.5. The zero-order valence-electron chi connectivity index (χ0n) is 15.2. The van der Waals surface area contributed by atoms with Crippen molar-refractivity contribution in [2.45, 2.75) is 38.4 Å². The van der Waals surface area contributed by atoms with Crippen molar-refractivity contribution in [1.82, 2.24) is 21.2 Å². The number of ether oxygens (including phenoxy) is 3. The summed E-state index contributed by atoms with van der Waals surface area (Å²) >= 11 is 1.56. The highest BCUT2D eigenvalue weighted by Gasteiger charge is 2.30. The summed E-state index contributed by atoms with van der Waals surface area (Å²) in [6.07, 6.45) is 0.639. The molecule has 144 valence electrons. The van der Waals surface area contributed by atoms with E-state index in [2.05, 4.69) is 21.2 Å². The summed E-state index contributed by atoms with van der Waals surface area (Å²) in [4.78, 5) is 16.9. The van der Waals surface area contributed by atoms with Gasteiger partial charge < -0.3 is 19.5 Å². The molecule has 1 aromatic heterocycles. The zero-order valence-corrected chi connectivity index (χ0v) is 16.0. The predicted octanol–water partition coefficient (Wildman–Crippen LogP) is 1.67. The van der Waals surface area contributed by atoms with Gasteiger partial charge in [-0.1, -0.05) is 0 Å². The third-order valence-corrected chi connectivity index (χ3v) is 5.60. The van der Waals surface area contributed by atoms with Gasteiger partial charge in [0.15, 0.2) is 11.5 Å². The van der Waals surface area contributed by atoms with E-state index >= 15 is 0 Å². The maximum absolute atomic E-state index is 12.5. The average molecular weight is 390 g/mol. The number of aryl methyl sites for hydroxylation is 1. The molecule has 8 nitrogen and oxygen atoms in total. The number of hydrogen-bond donors (Lipinski definition) is 3. The molecule has 3 N–H and O–H groups in total. The molecule has 0 radical (unpaired) electrons. The van der Waals surface area contributed by atoms with E-state index in [1.807, 2.05) is 37.4 Å². The predicted molar refractivity (Wildman–Crippen MR) is 99.9 cm³/mol. The number of rotatable bonds is 6. The lowest BCUT2D eigenvalue weighted by Gasteiger charge is -2.15. The van der Waals surface area contributed by atoms with Crippen LogP contribution in [0.15, 0.2) is 23.6 Å². The zero-order chi connectivity index (χ0) is 18.8. The van der Waals surface area contributed by atoms with Gasteiger partial charge in [0.05, 0.1) is 12.1 Å². The molecule has 0 bridgehead atoms. The van der Waals surface area contributed by atoms with Crippen LogP contribution >= 0.6 is 11.3 Å². The summed E-state index contributed by atoms with van der Waals surface area (Å²) in [6.45, 7) is 4.57. The molecule has 3 unspecified atom stereocenters. The first-order chi connectivity index (χ1) is 13.1. The Hall–Kier alpha value is -2.36. The molecule has 2 aliphatic rings. The van der Waals surface area contributed by atoms with Gasteiger partial charge in [-0.15, -0.1) is 11.3 Å². The van der Waals surface area contributed by atoms with Crippen LogP contribution in [0.4, 0.5) is 0 Å². The average Bonchev–Trinajstić information content (AvgIpc) is 3.39. The van der Waals surface area contributed by atoms with Gasteiger partial charge >= 0.3 is 0 Å². The summed E-state index contributed by atoms with van der Waals surface area (Å²) in [5.41, 5.74) is 7.14. The molecule has 27 heavy (non-hydrogen) atoms. The lowest BCUT2D eigenvalue weighted by molar-refractivity contribution is -0.123. The van der Waals surface area contributed by atoms with Crippen LogP contribution in [0.3, 0.4) is 0 Å². The van der Waals surface area contributed by atoms with Crippen molar-refractivity contribution in [2.75, 3.05) is 13.4 Å². The van der Waals surface area contributed by atoms with Crippen LogP contribution in [0.25, 0.3) is 0 Å². The Balaban J connectivity index is 1.25. The molecule has 2 aliphatic heterocycles. The highest BCUT2D eigenvalue weighted by Crippen LogP contribution is 2.35. The van der Waals surface area contributed by atoms with Crippen LogP contribution in [0.5, 0.6) is 17.2 Å². The Labute approximate surface area is 161 Å². The summed E-state index contributed by atoms with van der Waals surface area (Å²) in [5.74, 6) is 2.08. The summed E-state index contributed by atoms with van der Waals surface area (Å²) in [6, 6.07) is 5.10. The van der Waals surface area contributed by atoms with Gasteiger partial charge in [0.25, 0.3) is 0 Å². The molecular weight excluding hydrogens is 368 g/mol. The second-order valence-corrected chi connectivity index (χ2v) is 7.55. The van der Waals surface area contributed by atoms with Gasteiger partial charge in [0.1, 0.15) is 23.4 Å². The topological polar surface area (TPSA) is 93.7 Å². The number of benzene rings is 1. The molecule has 0 spiro atoms. The highest BCUT2D eigenvalue weighted by atomic mass is 32.1. The fourth-order valence-corrected chi connectivity index (χ4v) is 3.82. The SMILES string of the molecule is Cc1csc(C(C)NC(=O)C2CC(COc3ccc4c(c3)OCO4)NN2)n1. The van der Waals surface area contributed by atoms with Gasteiger partial charge in [0, 0.05) is 17.1 Å². The number of carbonyl (C=O) groups excluding carboxylic acids is 1. The molecule has 1 fully saturated rings. The van der Waals surface area contributed by atoms with Crippen molar-refractivity contribution in [3.05, 3.63) is 34.3 Å². The minimum Gasteiger partial charge on any atom is -0.492 e. The largest absolute Gasteiger partial charge is 0.492 e. The lowest BCUT2D eigenvalue weighted by atomic mass is 10.1. The van der Waals surface area contributed by atoms with Gasteiger partial charge in [-0.2, -0.15) is 0 Å². The number of fused-ring (bicyclic) bond motifs is 1. The first kappa shape index (κ1) is 18.0. The van der Waals surface area contributed by atoms with E-state index in [0.717, 1.165) is 16.5 Å². The fraction of sp³-hybridized carbons (Fsp3) is 0.444. The summed E-state index contributed by atoms with van der Waals surface area (Å²) in [5, 5.41) is 5.90. The monoisotopic (exact) mass is 390 g/mol. The van der Waals surface area contributed by atoms with Gasteiger partial charge in [-0.05, 0) is 32.4 Å². The molecule has 0 saturated carbocycles. The first-order valence-electron chi connectivity index (χ1n) is 8.84. The van der Waals surface area contributed by atoms with Gasteiger partial charge in [-0.3, -0.25) is 10.2 Å². The number of carbonyl (C=O) groups is 1. The number of nitrogens with zero attached hydrogens (tertiary/aromatic N) is 1. The lowest BCUT2D eigenvalue weighted by Crippen LogP contribution is -2.44. The molecule has 2 aromatic rings. The molecule has 1 saturated heterocycles. The first-order valence-corrected chi connectivity index (χ1v) is 9.72. The number of amides is 1. The van der Waals surface area contributed by atoms with Crippen molar-refractivity contribution in [2.24, 2.45) is 0 Å². The number of hydrazine groups is 1. The van der Waals surface area contributed by atoms with E-state index in [1.165, 1.54) is 0 Å². The van der Waals surface area contributed by atoms with E-state index in [1.54, 1.807) is 11.3 Å². The number of nitrogens with one attached hydrogen (secondary N) is 3. The van der Waals surface area contributed by atoms with Crippen molar-refractivity contribution in [3.63, 3.8) is 0 Å². The van der Waals surface area contributed by atoms with E-state index in [9.17, 15) is 4.79 Å². The van der Waals surface area contributed by atoms with Crippen molar-refractivity contribution < 1.29 is 19.0 Å². The van der Waals surface area contributed by atoms with Gasteiger partial charge in [-0.25, -0.2) is 10.4 Å². The van der Waals surface area contributed by atoms with E-state index in [4.69, 9.17) is 14.2 Å². The molecule has 0 aliphatic carbocycles. The third-order valence-electron chi connectivity index (χ3n) is 4.46. The second kappa shape index (κ2) is 7.71. The maximum atomic E-state index is 12.5. The van der Waals surface area contributed by atoms with Crippen LogP contribution < -0.4 is 30.4 Å². The van der Waals surface area contributed by atoms with Gasteiger partial charge in [0.2, 0.25) is 12.7 Å². The van der Waals surface area contributed by atoms with Crippen LogP contribution in [-0.4, -0.2) is 36.4 Å². The van der Waals surface area contributed by atoms with E-state index < -0.39 is 0 Å². The third kappa shape index (κ3) is 4.15. The van der Waals surface area contributed by atoms with E-state index in [-0.39, 0.29) is 30.8 Å². The quantitative estimate of drug-likeness (QED) is 0.691. The molecule has 3 atom stereocenters. The second-order valence-electron chi connectivity index (χ2n) is 6.66. The van der Waals surface area contributed by atoms with Crippen molar-refractivity contribution >= 4 is 17.2 Å². The van der Waals surface area contributed by atoms with E-state index in [0.29, 0.717) is 24.5 Å². The Morgan fingerprint density at radius 2 is 2.26 bits per heavy atom. The summed E-state index contributed by atoms with van der Waals surface area (Å²) in [7, 11) is 0. The van der Waals surface area contributed by atoms with Crippen molar-refractivity contribution in [1.29, 1.82) is 0 Å². The minimum atomic E-state index is -0.307. The normalized spacial score (nSPS) is 21.9. The molecule has 1 aromatic carbocycles. The number of hydrogen-bond acceptors (Lipinski definition) is 8. The number of thiazole rings is 1. The molecule has 4 rings (SSSR count). The van der Waals surface area contributed by atoms with Crippen LogP contribution in [0, 0.1) is 6.92 Å². The molecule has 1 amide bonds. The Morgan fingerprint density at radius 1 is 1.41 bits per heavy atom. The molecule has 9 heteroatoms. The Bertz CT molecular complexity index is 827. The fourth-order valence-electron chi connectivity index (χ4n) is 3.01. The van der Waals surface area contributed by atoms with Crippen molar-refractivity contribution in [3.8, 4) is 17.2 Å². The minimum absolute atomic E-state index is 0.0311. The number of aromatic nitrogens is 1. The van der Waals surface area contributed by atoms with Crippen LogP contribution in [0.2, 0.25) is 0 Å². The Morgan fingerprint density at radius 3 is 3.07 bits per heavy atom. The molecule has 3 heterocycles. The standard InChI is InChI=1S/C18H22N4O4S/c1-10-8-27-18(19-10)11(2)20-17(23)14-5-12(21-22-14)7-24-13-3-4-15-16(6-13)26-9-25-15/h3-4,6,8,11-12,14,21-22H,5,7,9H2,1-2H3,(H,20,23).